The number of aliphatic hydroxyl groups excluding tert-OH is 1. The van der Waals surface area contributed by atoms with Crippen LogP contribution in [0.2, 0.25) is 0 Å². The molecule has 0 aromatic carbocycles. The largest absolute Gasteiger partial charge is 0.396 e. The van der Waals surface area contributed by atoms with Crippen LogP contribution in [0, 0.1) is 11.3 Å². The summed E-state index contributed by atoms with van der Waals surface area (Å²) in [5, 5.41) is 9.90. The van der Waals surface area contributed by atoms with Gasteiger partial charge in [0.2, 0.25) is 0 Å². The Morgan fingerprint density at radius 1 is 1.26 bits per heavy atom. The third kappa shape index (κ3) is 5.05. The minimum atomic E-state index is 0.156. The summed E-state index contributed by atoms with van der Waals surface area (Å²) in [6.07, 6.45) is 4.94. The zero-order chi connectivity index (χ0) is 14.5. The Labute approximate surface area is 120 Å². The maximum Gasteiger partial charge on any atom is 0.0499 e. The van der Waals surface area contributed by atoms with E-state index in [1.807, 2.05) is 0 Å². The van der Waals surface area contributed by atoms with Gasteiger partial charge in [-0.1, -0.05) is 26.7 Å². The molecular weight excluding hydrogens is 236 g/mol. The molecule has 1 N–H and O–H groups in total. The van der Waals surface area contributed by atoms with Crippen molar-refractivity contribution in [2.24, 2.45) is 11.3 Å². The van der Waals surface area contributed by atoms with E-state index in [4.69, 9.17) is 0 Å². The fourth-order valence-corrected chi connectivity index (χ4v) is 3.39. The van der Waals surface area contributed by atoms with Gasteiger partial charge in [-0.2, -0.15) is 0 Å². The number of likely N-dealkylation sites (N-methyl/N-ethyl adjacent to an activating group) is 2. The van der Waals surface area contributed by atoms with Gasteiger partial charge in [0.25, 0.3) is 0 Å². The van der Waals surface area contributed by atoms with E-state index in [-0.39, 0.29) is 5.41 Å². The van der Waals surface area contributed by atoms with Crippen LogP contribution >= 0.6 is 0 Å². The molecule has 0 bridgehead atoms. The molecule has 0 heterocycles. The highest BCUT2D eigenvalue weighted by Crippen LogP contribution is 2.39. The first kappa shape index (κ1) is 16.9. The van der Waals surface area contributed by atoms with Crippen molar-refractivity contribution in [3.8, 4) is 0 Å². The minimum Gasteiger partial charge on any atom is -0.396 e. The fourth-order valence-electron chi connectivity index (χ4n) is 3.39. The van der Waals surface area contributed by atoms with Crippen LogP contribution < -0.4 is 0 Å². The SMILES string of the molecule is CCN(CC1(CO)CCC(C)CC1)C(C)CN(C)C. The molecule has 0 radical (unpaired) electrons. The first-order valence-corrected chi connectivity index (χ1v) is 7.92. The van der Waals surface area contributed by atoms with Gasteiger partial charge in [-0.25, -0.2) is 0 Å². The van der Waals surface area contributed by atoms with E-state index >= 15 is 0 Å². The van der Waals surface area contributed by atoms with Crippen molar-refractivity contribution < 1.29 is 5.11 Å². The van der Waals surface area contributed by atoms with Gasteiger partial charge < -0.3 is 10.0 Å². The standard InChI is InChI=1S/C16H34N2O/c1-6-18(15(3)11-17(4)5)12-16(13-19)9-7-14(2)8-10-16/h14-15,19H,6-13H2,1-5H3. The number of aliphatic hydroxyl groups is 1. The van der Waals surface area contributed by atoms with Gasteiger partial charge >= 0.3 is 0 Å². The molecule has 1 aliphatic rings. The molecule has 0 spiro atoms. The summed E-state index contributed by atoms with van der Waals surface area (Å²) in [4.78, 5) is 4.80. The molecule has 1 saturated carbocycles. The monoisotopic (exact) mass is 270 g/mol. The fraction of sp³-hybridized carbons (Fsp3) is 1.00. The molecule has 1 unspecified atom stereocenters. The second-order valence-electron chi connectivity index (χ2n) is 7.01. The number of nitrogens with zero attached hydrogens (tertiary/aromatic N) is 2. The van der Waals surface area contributed by atoms with Crippen molar-refractivity contribution in [3.63, 3.8) is 0 Å². The Morgan fingerprint density at radius 3 is 2.26 bits per heavy atom. The third-order valence-electron chi connectivity index (χ3n) is 4.87. The van der Waals surface area contributed by atoms with Crippen LogP contribution in [0.15, 0.2) is 0 Å². The van der Waals surface area contributed by atoms with Gasteiger partial charge in [0, 0.05) is 31.2 Å². The van der Waals surface area contributed by atoms with Crippen molar-refractivity contribution in [1.29, 1.82) is 0 Å². The zero-order valence-electron chi connectivity index (χ0n) is 13.7. The van der Waals surface area contributed by atoms with Crippen LogP contribution in [-0.4, -0.2) is 61.3 Å². The van der Waals surface area contributed by atoms with E-state index in [9.17, 15) is 5.11 Å². The third-order valence-corrected chi connectivity index (χ3v) is 4.87. The highest BCUT2D eigenvalue weighted by molar-refractivity contribution is 4.88. The summed E-state index contributed by atoms with van der Waals surface area (Å²) in [6.45, 7) is 10.5. The van der Waals surface area contributed by atoms with Gasteiger partial charge in [-0.05, 0) is 46.3 Å². The van der Waals surface area contributed by atoms with E-state index < -0.39 is 0 Å². The van der Waals surface area contributed by atoms with E-state index in [0.717, 1.165) is 25.6 Å². The summed E-state index contributed by atoms with van der Waals surface area (Å²) in [7, 11) is 4.27. The maximum absolute atomic E-state index is 9.90. The molecule has 0 saturated heterocycles. The van der Waals surface area contributed by atoms with Crippen LogP contribution in [0.25, 0.3) is 0 Å². The lowest BCUT2D eigenvalue weighted by atomic mass is 9.71. The Morgan fingerprint density at radius 2 is 1.84 bits per heavy atom. The topological polar surface area (TPSA) is 26.7 Å². The average Bonchev–Trinajstić information content (AvgIpc) is 2.37. The predicted octanol–water partition coefficient (Wildman–Crippen LogP) is 2.45. The highest BCUT2D eigenvalue weighted by atomic mass is 16.3. The lowest BCUT2D eigenvalue weighted by molar-refractivity contribution is 0.0163. The van der Waals surface area contributed by atoms with Gasteiger partial charge in [-0.3, -0.25) is 4.90 Å². The molecule has 1 fully saturated rings. The summed E-state index contributed by atoms with van der Waals surface area (Å²) in [5.74, 6) is 0.842. The molecule has 0 aromatic rings. The molecule has 1 aliphatic carbocycles. The lowest BCUT2D eigenvalue weighted by Crippen LogP contribution is -2.48. The summed E-state index contributed by atoms with van der Waals surface area (Å²) < 4.78 is 0. The second kappa shape index (κ2) is 7.61. The van der Waals surface area contributed by atoms with E-state index in [1.54, 1.807) is 0 Å². The molecule has 1 rings (SSSR count). The zero-order valence-corrected chi connectivity index (χ0v) is 13.7. The number of rotatable bonds is 7. The summed E-state index contributed by atoms with van der Waals surface area (Å²) in [5.41, 5.74) is 0.156. The normalized spacial score (nSPS) is 30.0. The van der Waals surface area contributed by atoms with Crippen molar-refractivity contribution in [2.45, 2.75) is 52.5 Å². The minimum absolute atomic E-state index is 0.156. The van der Waals surface area contributed by atoms with E-state index in [0.29, 0.717) is 12.6 Å². The van der Waals surface area contributed by atoms with Crippen molar-refractivity contribution >= 4 is 0 Å². The van der Waals surface area contributed by atoms with Gasteiger partial charge in [0.15, 0.2) is 0 Å². The predicted molar refractivity (Wildman–Crippen MR) is 82.4 cm³/mol. The summed E-state index contributed by atoms with van der Waals surface area (Å²) in [6, 6.07) is 0.558. The van der Waals surface area contributed by atoms with Gasteiger partial charge in [0.1, 0.15) is 0 Å². The molecular formula is C16H34N2O. The maximum atomic E-state index is 9.90. The lowest BCUT2D eigenvalue weighted by Gasteiger charge is -2.43. The van der Waals surface area contributed by atoms with Gasteiger partial charge in [0.05, 0.1) is 0 Å². The van der Waals surface area contributed by atoms with E-state index in [2.05, 4.69) is 44.7 Å². The molecule has 0 aliphatic heterocycles. The second-order valence-corrected chi connectivity index (χ2v) is 7.01. The molecule has 3 nitrogen and oxygen atoms in total. The van der Waals surface area contributed by atoms with Crippen molar-refractivity contribution in [2.75, 3.05) is 40.3 Å². The molecule has 1 atom stereocenters. The highest BCUT2D eigenvalue weighted by Gasteiger charge is 2.35. The first-order valence-electron chi connectivity index (χ1n) is 7.92. The quantitative estimate of drug-likeness (QED) is 0.770. The van der Waals surface area contributed by atoms with Crippen LogP contribution in [0.4, 0.5) is 0 Å². The van der Waals surface area contributed by atoms with Crippen LogP contribution in [0.5, 0.6) is 0 Å². The first-order chi connectivity index (χ1) is 8.92. The van der Waals surface area contributed by atoms with Crippen molar-refractivity contribution in [1.82, 2.24) is 9.80 Å². The molecule has 0 amide bonds. The van der Waals surface area contributed by atoms with Crippen molar-refractivity contribution in [3.05, 3.63) is 0 Å². The summed E-state index contributed by atoms with van der Waals surface area (Å²) >= 11 is 0. The molecule has 114 valence electrons. The number of hydrogen-bond donors (Lipinski definition) is 1. The Kier molecular flexibility index (Phi) is 6.78. The van der Waals surface area contributed by atoms with Crippen LogP contribution in [0.1, 0.15) is 46.5 Å². The average molecular weight is 270 g/mol. The molecule has 3 heteroatoms. The van der Waals surface area contributed by atoms with Crippen LogP contribution in [-0.2, 0) is 0 Å². The number of hydrogen-bond acceptors (Lipinski definition) is 3. The van der Waals surface area contributed by atoms with Crippen LogP contribution in [0.3, 0.4) is 0 Å². The molecule has 19 heavy (non-hydrogen) atoms. The van der Waals surface area contributed by atoms with Gasteiger partial charge in [-0.15, -0.1) is 0 Å². The molecule has 0 aromatic heterocycles. The Bertz CT molecular complexity index is 247. The van der Waals surface area contributed by atoms with E-state index in [1.165, 1.54) is 25.7 Å². The Hall–Kier alpha value is -0.120. The smallest absolute Gasteiger partial charge is 0.0499 e. The Balaban J connectivity index is 2.61.